The minimum Gasteiger partial charge on any atom is -0.399 e. The first-order valence-electron chi connectivity index (χ1n) is 7.99. The van der Waals surface area contributed by atoms with Crippen LogP contribution in [0.15, 0.2) is 22.7 Å². The van der Waals surface area contributed by atoms with E-state index in [1.54, 1.807) is 6.07 Å². The number of amides is 1. The van der Waals surface area contributed by atoms with Crippen molar-refractivity contribution in [3.8, 4) is 0 Å². The standard InChI is InChI=1S/C17H21BrN2O/c18-15-5-4-10(19)8-14(15)17(21)20-16-7-9-6-13(16)12-3-1-2-11(9)12/h4-5,8-9,11-13,16H,1-3,6-7,19H2,(H,20,21). The zero-order valence-electron chi connectivity index (χ0n) is 12.0. The molecule has 0 radical (unpaired) electrons. The number of fused-ring (bicyclic) bond motifs is 5. The molecule has 112 valence electrons. The second kappa shape index (κ2) is 5.01. The SMILES string of the molecule is Nc1ccc(Br)c(C(=O)NC2CC3CC2C2CCCC32)c1. The Kier molecular flexibility index (Phi) is 3.25. The molecule has 5 unspecified atom stereocenters. The summed E-state index contributed by atoms with van der Waals surface area (Å²) in [6.07, 6.45) is 6.70. The maximum absolute atomic E-state index is 12.5. The lowest BCUT2D eigenvalue weighted by atomic mass is 9.79. The van der Waals surface area contributed by atoms with Gasteiger partial charge in [0.1, 0.15) is 0 Å². The molecule has 1 aromatic carbocycles. The van der Waals surface area contributed by atoms with Crippen molar-refractivity contribution in [2.75, 3.05) is 5.73 Å². The molecule has 3 fully saturated rings. The number of anilines is 1. The monoisotopic (exact) mass is 348 g/mol. The van der Waals surface area contributed by atoms with Crippen LogP contribution in [0.2, 0.25) is 0 Å². The lowest BCUT2D eigenvalue weighted by Gasteiger charge is -2.32. The summed E-state index contributed by atoms with van der Waals surface area (Å²) in [7, 11) is 0. The Labute approximate surface area is 133 Å². The van der Waals surface area contributed by atoms with Crippen LogP contribution in [-0.2, 0) is 0 Å². The molecule has 4 rings (SSSR count). The largest absolute Gasteiger partial charge is 0.399 e. The van der Waals surface area contributed by atoms with Crippen molar-refractivity contribution in [2.24, 2.45) is 23.7 Å². The number of carbonyl (C=O) groups excluding carboxylic acids is 1. The first-order chi connectivity index (χ1) is 10.1. The molecule has 3 aliphatic carbocycles. The Bertz CT molecular complexity index is 588. The minimum absolute atomic E-state index is 0.0151. The number of nitrogens with one attached hydrogen (secondary N) is 1. The number of nitrogens with two attached hydrogens (primary N) is 1. The Morgan fingerprint density at radius 3 is 2.86 bits per heavy atom. The summed E-state index contributed by atoms with van der Waals surface area (Å²) in [6.45, 7) is 0. The first-order valence-corrected chi connectivity index (χ1v) is 8.78. The van der Waals surface area contributed by atoms with E-state index in [2.05, 4.69) is 21.2 Å². The van der Waals surface area contributed by atoms with Crippen LogP contribution in [0.5, 0.6) is 0 Å². The van der Waals surface area contributed by atoms with Crippen LogP contribution < -0.4 is 11.1 Å². The molecule has 5 atom stereocenters. The summed E-state index contributed by atoms with van der Waals surface area (Å²) in [4.78, 5) is 12.5. The van der Waals surface area contributed by atoms with Gasteiger partial charge in [0.2, 0.25) is 0 Å². The van der Waals surface area contributed by atoms with Crippen molar-refractivity contribution in [1.29, 1.82) is 0 Å². The number of carbonyl (C=O) groups is 1. The lowest BCUT2D eigenvalue weighted by Crippen LogP contribution is -2.42. The van der Waals surface area contributed by atoms with Crippen LogP contribution in [0.25, 0.3) is 0 Å². The fourth-order valence-corrected chi connectivity index (χ4v) is 5.62. The average molecular weight is 349 g/mol. The van der Waals surface area contributed by atoms with E-state index in [0.717, 1.165) is 22.2 Å². The smallest absolute Gasteiger partial charge is 0.252 e. The summed E-state index contributed by atoms with van der Waals surface area (Å²) in [6, 6.07) is 5.78. The summed E-state index contributed by atoms with van der Waals surface area (Å²) >= 11 is 3.45. The van der Waals surface area contributed by atoms with Gasteiger partial charge in [0.15, 0.2) is 0 Å². The van der Waals surface area contributed by atoms with Gasteiger partial charge in [-0.3, -0.25) is 4.79 Å². The molecule has 3 nitrogen and oxygen atoms in total. The van der Waals surface area contributed by atoms with E-state index in [4.69, 9.17) is 5.73 Å². The van der Waals surface area contributed by atoms with Gasteiger partial charge in [0.25, 0.3) is 5.91 Å². The van der Waals surface area contributed by atoms with Crippen LogP contribution in [0.1, 0.15) is 42.5 Å². The minimum atomic E-state index is 0.0151. The van der Waals surface area contributed by atoms with E-state index in [0.29, 0.717) is 23.2 Å². The molecule has 2 bridgehead atoms. The second-order valence-corrected chi connectivity index (χ2v) is 7.83. The fraction of sp³-hybridized carbons (Fsp3) is 0.588. The quantitative estimate of drug-likeness (QED) is 0.802. The van der Waals surface area contributed by atoms with E-state index in [1.165, 1.54) is 32.1 Å². The third kappa shape index (κ3) is 2.19. The van der Waals surface area contributed by atoms with Crippen molar-refractivity contribution >= 4 is 27.5 Å². The normalized spacial score (nSPS) is 36.7. The van der Waals surface area contributed by atoms with E-state index in [-0.39, 0.29) is 5.91 Å². The van der Waals surface area contributed by atoms with Gasteiger partial charge < -0.3 is 11.1 Å². The van der Waals surface area contributed by atoms with Crippen LogP contribution >= 0.6 is 15.9 Å². The molecule has 0 aromatic heterocycles. The Morgan fingerprint density at radius 2 is 2.00 bits per heavy atom. The molecular weight excluding hydrogens is 328 g/mol. The van der Waals surface area contributed by atoms with Gasteiger partial charge in [0, 0.05) is 16.2 Å². The van der Waals surface area contributed by atoms with Gasteiger partial charge in [0.05, 0.1) is 5.56 Å². The summed E-state index contributed by atoms with van der Waals surface area (Å²) in [5.41, 5.74) is 7.09. The Morgan fingerprint density at radius 1 is 1.19 bits per heavy atom. The molecule has 3 saturated carbocycles. The molecule has 1 amide bonds. The van der Waals surface area contributed by atoms with Crippen LogP contribution in [-0.4, -0.2) is 11.9 Å². The molecule has 4 heteroatoms. The maximum Gasteiger partial charge on any atom is 0.252 e. The van der Waals surface area contributed by atoms with Crippen LogP contribution in [0.4, 0.5) is 5.69 Å². The molecular formula is C17H21BrN2O. The zero-order valence-corrected chi connectivity index (χ0v) is 13.6. The van der Waals surface area contributed by atoms with Crippen LogP contribution in [0.3, 0.4) is 0 Å². The molecule has 0 spiro atoms. The number of nitrogen functional groups attached to an aromatic ring is 1. The van der Waals surface area contributed by atoms with Gasteiger partial charge in [-0.05, 0) is 83.5 Å². The highest BCUT2D eigenvalue weighted by Crippen LogP contribution is 2.58. The van der Waals surface area contributed by atoms with Crippen molar-refractivity contribution in [2.45, 2.75) is 38.1 Å². The molecule has 21 heavy (non-hydrogen) atoms. The average Bonchev–Trinajstić information content (AvgIpc) is 3.13. The maximum atomic E-state index is 12.5. The van der Waals surface area contributed by atoms with Crippen molar-refractivity contribution in [3.05, 3.63) is 28.2 Å². The second-order valence-electron chi connectivity index (χ2n) is 6.97. The number of rotatable bonds is 2. The van der Waals surface area contributed by atoms with Gasteiger partial charge >= 0.3 is 0 Å². The summed E-state index contributed by atoms with van der Waals surface area (Å²) < 4.78 is 0.816. The highest BCUT2D eigenvalue weighted by Gasteiger charge is 2.54. The van der Waals surface area contributed by atoms with Crippen molar-refractivity contribution in [1.82, 2.24) is 5.32 Å². The number of benzene rings is 1. The summed E-state index contributed by atoms with van der Waals surface area (Å²) in [5, 5.41) is 3.28. The third-order valence-corrected chi connectivity index (χ3v) is 6.67. The van der Waals surface area contributed by atoms with Gasteiger partial charge in [-0.25, -0.2) is 0 Å². The molecule has 1 aromatic rings. The highest BCUT2D eigenvalue weighted by atomic mass is 79.9. The summed E-state index contributed by atoms with van der Waals surface area (Å²) in [5.74, 6) is 3.42. The van der Waals surface area contributed by atoms with E-state index in [9.17, 15) is 4.79 Å². The molecule has 3 aliphatic rings. The van der Waals surface area contributed by atoms with Gasteiger partial charge in [-0.2, -0.15) is 0 Å². The lowest BCUT2D eigenvalue weighted by molar-refractivity contribution is 0.0900. The predicted molar refractivity (Wildman–Crippen MR) is 86.9 cm³/mol. The third-order valence-electron chi connectivity index (χ3n) is 5.98. The number of hydrogen-bond donors (Lipinski definition) is 2. The molecule has 0 aliphatic heterocycles. The first kappa shape index (κ1) is 13.6. The number of halogens is 1. The molecule has 0 saturated heterocycles. The van der Waals surface area contributed by atoms with Crippen LogP contribution in [0, 0.1) is 23.7 Å². The van der Waals surface area contributed by atoms with Gasteiger partial charge in [-0.1, -0.05) is 6.42 Å². The predicted octanol–water partition coefficient (Wildman–Crippen LogP) is 3.59. The van der Waals surface area contributed by atoms with E-state index < -0.39 is 0 Å². The fourth-order valence-electron chi connectivity index (χ4n) is 5.20. The Hall–Kier alpha value is -1.03. The zero-order chi connectivity index (χ0) is 14.6. The van der Waals surface area contributed by atoms with E-state index >= 15 is 0 Å². The number of hydrogen-bond acceptors (Lipinski definition) is 2. The van der Waals surface area contributed by atoms with Crippen molar-refractivity contribution < 1.29 is 4.79 Å². The molecule has 3 N–H and O–H groups in total. The van der Waals surface area contributed by atoms with Gasteiger partial charge in [-0.15, -0.1) is 0 Å². The van der Waals surface area contributed by atoms with E-state index in [1.807, 2.05) is 12.1 Å². The molecule has 0 heterocycles. The topological polar surface area (TPSA) is 55.1 Å². The highest BCUT2D eigenvalue weighted by molar-refractivity contribution is 9.10. The van der Waals surface area contributed by atoms with Crippen molar-refractivity contribution in [3.63, 3.8) is 0 Å². The Balaban J connectivity index is 1.50.